The number of hydrogen-bond acceptors (Lipinski definition) is 7. The van der Waals surface area contributed by atoms with Crippen LogP contribution in [0.4, 0.5) is 24.5 Å². The van der Waals surface area contributed by atoms with Crippen molar-refractivity contribution in [1.82, 2.24) is 9.47 Å². The Labute approximate surface area is 238 Å². The highest BCUT2D eigenvalue weighted by molar-refractivity contribution is 7.90. The first-order valence-electron chi connectivity index (χ1n) is 13.3. The minimum atomic E-state index is -4.42. The Morgan fingerprint density at radius 2 is 1.83 bits per heavy atom. The van der Waals surface area contributed by atoms with Gasteiger partial charge in [-0.25, -0.2) is 8.42 Å². The van der Waals surface area contributed by atoms with E-state index in [1.807, 2.05) is 6.07 Å². The molecule has 0 bridgehead atoms. The lowest BCUT2D eigenvalue weighted by Crippen LogP contribution is -2.40. The molecule has 1 aromatic heterocycles. The molecule has 41 heavy (non-hydrogen) atoms. The Morgan fingerprint density at radius 3 is 2.49 bits per heavy atom. The quantitative estimate of drug-likeness (QED) is 0.333. The van der Waals surface area contributed by atoms with Crippen LogP contribution in [0.25, 0.3) is 10.9 Å². The summed E-state index contributed by atoms with van der Waals surface area (Å²) in [6.07, 6.45) is -1.46. The number of rotatable bonds is 10. The van der Waals surface area contributed by atoms with Crippen LogP contribution in [0.3, 0.4) is 0 Å². The van der Waals surface area contributed by atoms with Crippen molar-refractivity contribution in [2.45, 2.75) is 36.5 Å². The monoisotopic (exact) mass is 592 g/mol. The molecule has 1 fully saturated rings. The van der Waals surface area contributed by atoms with Gasteiger partial charge in [-0.05, 0) is 49.1 Å². The lowest BCUT2D eigenvalue weighted by molar-refractivity contribution is -0.140. The Kier molecular flexibility index (Phi) is 9.73. The second-order valence-electron chi connectivity index (χ2n) is 10.0. The summed E-state index contributed by atoms with van der Waals surface area (Å²) in [5.41, 5.74) is 2.02. The van der Waals surface area contributed by atoms with Crippen molar-refractivity contribution < 1.29 is 31.1 Å². The number of alkyl halides is 3. The summed E-state index contributed by atoms with van der Waals surface area (Å²) < 4.78 is 76.0. The van der Waals surface area contributed by atoms with E-state index in [1.165, 1.54) is 23.8 Å². The van der Waals surface area contributed by atoms with Crippen molar-refractivity contribution in [2.24, 2.45) is 0 Å². The van der Waals surface area contributed by atoms with E-state index in [9.17, 15) is 21.6 Å². The number of anilines is 2. The van der Waals surface area contributed by atoms with E-state index in [0.29, 0.717) is 28.9 Å². The van der Waals surface area contributed by atoms with E-state index in [2.05, 4.69) is 27.4 Å². The first kappa shape index (κ1) is 30.6. The number of sulfone groups is 1. The molecule has 0 atom stereocenters. The number of likely N-dealkylation sites (tertiary alicyclic amines) is 1. The fraction of sp³-hybridized carbons (Fsp3) is 0.448. The molecular formula is C29H35F3N4O4S. The summed E-state index contributed by atoms with van der Waals surface area (Å²) in [7, 11) is -0.299. The van der Waals surface area contributed by atoms with Crippen LogP contribution in [0.1, 0.15) is 18.5 Å². The van der Waals surface area contributed by atoms with E-state index in [4.69, 9.17) is 9.47 Å². The minimum absolute atomic E-state index is 0.106. The van der Waals surface area contributed by atoms with Gasteiger partial charge in [0.2, 0.25) is 0 Å². The first-order chi connectivity index (χ1) is 19.5. The van der Waals surface area contributed by atoms with Crippen LogP contribution < -0.4 is 15.4 Å². The molecular weight excluding hydrogens is 557 g/mol. The van der Waals surface area contributed by atoms with Crippen LogP contribution in [-0.4, -0.2) is 83.4 Å². The molecule has 2 aromatic carbocycles. The number of fused-ring (bicyclic) bond motifs is 1. The van der Waals surface area contributed by atoms with Gasteiger partial charge in [-0.1, -0.05) is 12.0 Å². The zero-order valence-electron chi connectivity index (χ0n) is 23.3. The molecule has 1 aliphatic rings. The summed E-state index contributed by atoms with van der Waals surface area (Å²) >= 11 is 0. The molecule has 222 valence electrons. The number of benzene rings is 2. The standard InChI is InChI=1S/C29H35F3N4O4S/c1-39-17-16-35-14-11-21(12-15-35)34-25-7-4-8-27-24(25)18-22(36(27)20-29(30,31)32)6-5-13-33-26-10-9-23(41(3,37)38)19-28(26)40-2/h4,7-10,18-19,21,33-34H,11-17,20H2,1-3H3. The fourth-order valence-corrected chi connectivity index (χ4v) is 5.56. The smallest absolute Gasteiger partial charge is 0.406 e. The van der Waals surface area contributed by atoms with Gasteiger partial charge in [0.05, 0.1) is 42.1 Å². The summed E-state index contributed by atoms with van der Waals surface area (Å²) in [5, 5.41) is 7.29. The third-order valence-electron chi connectivity index (χ3n) is 7.03. The minimum Gasteiger partial charge on any atom is -0.495 e. The molecule has 0 unspecified atom stereocenters. The zero-order chi connectivity index (χ0) is 29.6. The Bertz CT molecular complexity index is 1520. The van der Waals surface area contributed by atoms with Gasteiger partial charge in [0.25, 0.3) is 0 Å². The highest BCUT2D eigenvalue weighted by atomic mass is 32.2. The normalized spacial score (nSPS) is 15.0. The number of ether oxygens (including phenoxy) is 2. The average Bonchev–Trinajstić information content (AvgIpc) is 3.26. The molecule has 0 aliphatic carbocycles. The van der Waals surface area contributed by atoms with Crippen molar-refractivity contribution >= 4 is 32.1 Å². The maximum absolute atomic E-state index is 13.6. The highest BCUT2D eigenvalue weighted by Crippen LogP contribution is 2.31. The van der Waals surface area contributed by atoms with Gasteiger partial charge in [-0.3, -0.25) is 0 Å². The van der Waals surface area contributed by atoms with E-state index in [-0.39, 0.29) is 23.2 Å². The molecule has 2 heterocycles. The zero-order valence-corrected chi connectivity index (χ0v) is 24.2. The maximum Gasteiger partial charge on any atom is 0.406 e. The lowest BCUT2D eigenvalue weighted by Gasteiger charge is -2.32. The van der Waals surface area contributed by atoms with Gasteiger partial charge in [0.1, 0.15) is 12.3 Å². The Hall–Kier alpha value is -3.40. The van der Waals surface area contributed by atoms with Gasteiger partial charge in [-0.15, -0.1) is 0 Å². The largest absolute Gasteiger partial charge is 0.495 e. The van der Waals surface area contributed by atoms with E-state index >= 15 is 0 Å². The van der Waals surface area contributed by atoms with Crippen LogP contribution in [0.15, 0.2) is 47.4 Å². The molecule has 4 rings (SSSR count). The van der Waals surface area contributed by atoms with Crippen molar-refractivity contribution in [1.29, 1.82) is 0 Å². The molecule has 0 radical (unpaired) electrons. The third-order valence-corrected chi connectivity index (χ3v) is 8.14. The molecule has 12 heteroatoms. The number of nitrogens with one attached hydrogen (secondary N) is 2. The van der Waals surface area contributed by atoms with Crippen molar-refractivity contribution in [3.05, 3.63) is 48.2 Å². The van der Waals surface area contributed by atoms with E-state index in [0.717, 1.165) is 44.4 Å². The predicted octanol–water partition coefficient (Wildman–Crippen LogP) is 4.60. The van der Waals surface area contributed by atoms with Gasteiger partial charge in [0, 0.05) is 56.2 Å². The molecule has 0 saturated carbocycles. The number of halogens is 3. The number of piperidine rings is 1. The van der Waals surface area contributed by atoms with Gasteiger partial charge in [0.15, 0.2) is 9.84 Å². The maximum atomic E-state index is 13.6. The first-order valence-corrected chi connectivity index (χ1v) is 15.2. The topological polar surface area (TPSA) is 84.8 Å². The van der Waals surface area contributed by atoms with Gasteiger partial charge < -0.3 is 29.6 Å². The molecule has 0 spiro atoms. The number of hydrogen-bond donors (Lipinski definition) is 2. The number of methoxy groups -OCH3 is 2. The van der Waals surface area contributed by atoms with Crippen LogP contribution in [0.2, 0.25) is 0 Å². The van der Waals surface area contributed by atoms with Gasteiger partial charge in [-0.2, -0.15) is 13.2 Å². The molecule has 8 nitrogen and oxygen atoms in total. The summed E-state index contributed by atoms with van der Waals surface area (Å²) in [6.45, 7) is 2.38. The molecule has 0 amide bonds. The molecule has 2 N–H and O–H groups in total. The Morgan fingerprint density at radius 1 is 1.07 bits per heavy atom. The molecule has 1 aliphatic heterocycles. The van der Waals surface area contributed by atoms with Crippen LogP contribution in [-0.2, 0) is 21.1 Å². The molecule has 3 aromatic rings. The SMILES string of the molecule is COCCN1CCC(Nc2cccc3c2cc(C#CCNc2ccc(S(C)(=O)=O)cc2OC)n3CC(F)(F)F)CC1. The second kappa shape index (κ2) is 13.1. The van der Waals surface area contributed by atoms with Crippen LogP contribution >= 0.6 is 0 Å². The van der Waals surface area contributed by atoms with E-state index < -0.39 is 22.6 Å². The number of aromatic nitrogens is 1. The van der Waals surface area contributed by atoms with Crippen molar-refractivity contribution in [2.75, 3.05) is 63.9 Å². The Balaban J connectivity index is 1.54. The average molecular weight is 593 g/mol. The number of nitrogens with zero attached hydrogens (tertiary/aromatic N) is 2. The van der Waals surface area contributed by atoms with Crippen molar-refractivity contribution in [3.8, 4) is 17.6 Å². The van der Waals surface area contributed by atoms with Crippen LogP contribution in [0, 0.1) is 11.8 Å². The summed E-state index contributed by atoms with van der Waals surface area (Å²) in [6, 6.07) is 11.7. The van der Waals surface area contributed by atoms with Gasteiger partial charge >= 0.3 is 6.18 Å². The fourth-order valence-electron chi connectivity index (χ4n) is 4.93. The van der Waals surface area contributed by atoms with E-state index in [1.54, 1.807) is 31.4 Å². The lowest BCUT2D eigenvalue weighted by atomic mass is 10.0. The highest BCUT2D eigenvalue weighted by Gasteiger charge is 2.30. The predicted molar refractivity (Wildman–Crippen MR) is 154 cm³/mol. The summed E-state index contributed by atoms with van der Waals surface area (Å²) in [4.78, 5) is 2.46. The van der Waals surface area contributed by atoms with Crippen molar-refractivity contribution in [3.63, 3.8) is 0 Å². The third kappa shape index (κ3) is 8.09. The summed E-state index contributed by atoms with van der Waals surface area (Å²) in [5.74, 6) is 6.11. The second-order valence-corrected chi connectivity index (χ2v) is 12.0. The molecule has 1 saturated heterocycles. The van der Waals surface area contributed by atoms with Crippen LogP contribution in [0.5, 0.6) is 5.75 Å².